The van der Waals surface area contributed by atoms with E-state index in [4.69, 9.17) is 36.5 Å². The first kappa shape index (κ1) is 40.1. The molecule has 6 aromatic rings. The summed E-state index contributed by atoms with van der Waals surface area (Å²) in [6.07, 6.45) is 3.50. The molecule has 2 aromatic heterocycles. The number of amides is 1. The van der Waals surface area contributed by atoms with Crippen LogP contribution in [0.4, 0.5) is 15.0 Å². The molecule has 310 valence electrons. The van der Waals surface area contributed by atoms with Gasteiger partial charge in [0.25, 0.3) is 0 Å². The average molecular weight is 829 g/mol. The Morgan fingerprint density at radius 3 is 2.27 bits per heavy atom. The van der Waals surface area contributed by atoms with E-state index < -0.39 is 5.79 Å². The zero-order chi connectivity index (χ0) is 41.5. The van der Waals surface area contributed by atoms with Crippen molar-refractivity contribution in [2.45, 2.75) is 63.1 Å². The number of carbonyl (C=O) groups is 1. The number of aromatic nitrogens is 3. The lowest BCUT2D eigenvalue weighted by Gasteiger charge is -2.28. The molecule has 9 rings (SSSR count). The molecule has 3 heterocycles. The fraction of sp³-hybridized carbons (Fsp3) is 0.354. The van der Waals surface area contributed by atoms with Crippen molar-refractivity contribution in [2.75, 3.05) is 45.6 Å². The summed E-state index contributed by atoms with van der Waals surface area (Å²) in [5, 5.41) is 0.861. The van der Waals surface area contributed by atoms with Gasteiger partial charge in [-0.15, -0.1) is 0 Å². The van der Waals surface area contributed by atoms with Crippen LogP contribution in [0.15, 0.2) is 109 Å². The molecule has 1 aliphatic heterocycles. The first-order chi connectivity index (χ1) is 29.0. The summed E-state index contributed by atoms with van der Waals surface area (Å²) in [4.78, 5) is 27.0. The summed E-state index contributed by atoms with van der Waals surface area (Å²) in [5.74, 6) is -0.586. The van der Waals surface area contributed by atoms with E-state index in [1.807, 2.05) is 56.3 Å². The molecule has 4 aromatic carbocycles. The summed E-state index contributed by atoms with van der Waals surface area (Å²) >= 11 is 6.42. The number of rotatable bonds is 13. The number of anilines is 1. The van der Waals surface area contributed by atoms with Crippen molar-refractivity contribution >= 4 is 34.5 Å². The lowest BCUT2D eigenvalue weighted by atomic mass is 9.98. The predicted octanol–water partition coefficient (Wildman–Crippen LogP) is 9.37. The van der Waals surface area contributed by atoms with Gasteiger partial charge in [0.2, 0.25) is 5.28 Å². The van der Waals surface area contributed by atoms with Gasteiger partial charge in [-0.3, -0.25) is 0 Å². The van der Waals surface area contributed by atoms with E-state index in [9.17, 15) is 9.18 Å². The number of ether oxygens (including phenoxy) is 3. The van der Waals surface area contributed by atoms with Gasteiger partial charge >= 0.3 is 6.09 Å². The summed E-state index contributed by atoms with van der Waals surface area (Å²) in [6, 6.07) is 33.1. The van der Waals surface area contributed by atoms with Crippen molar-refractivity contribution in [3.8, 4) is 22.3 Å². The van der Waals surface area contributed by atoms with Gasteiger partial charge in [-0.25, -0.2) is 14.2 Å². The van der Waals surface area contributed by atoms with Crippen LogP contribution in [0.5, 0.6) is 0 Å². The Bertz CT molecular complexity index is 2450. The molecule has 0 radical (unpaired) electrons. The van der Waals surface area contributed by atoms with Gasteiger partial charge in [0, 0.05) is 43.2 Å². The molecule has 3 aliphatic rings. The van der Waals surface area contributed by atoms with Gasteiger partial charge in [0.15, 0.2) is 5.79 Å². The lowest BCUT2D eigenvalue weighted by molar-refractivity contribution is -0.160. The number of hydrogen-bond donors (Lipinski definition) is 1. The largest absolute Gasteiger partial charge is 0.448 e. The van der Waals surface area contributed by atoms with E-state index in [0.29, 0.717) is 31.0 Å². The van der Waals surface area contributed by atoms with Crippen molar-refractivity contribution in [1.82, 2.24) is 24.3 Å². The molecular formula is C48H50ClFN6O4. The van der Waals surface area contributed by atoms with Crippen LogP contribution in [0, 0.1) is 11.7 Å². The number of fused-ring (bicyclic) bond motifs is 5. The molecule has 0 bridgehead atoms. The second-order valence-electron chi connectivity index (χ2n) is 16.8. The maximum absolute atomic E-state index is 13.9. The standard InChI is InChI=1S/C48H50ClFN6O4/c1-48(2)59-42-32(26-40(43(42)60-48)56-28-38(31-12-5-4-6-13-31)41-44(51)52-46(49)53-45(41)56)27-54(3)23-11-24-55(25-22-30-18-20-33(50)21-19-30)47(57)58-29-39-36-16-9-7-14-34(36)35-15-8-10-17-37(35)39/h4-10,12-21,28,32,39-40,42-43H,11,22-27,29H2,1-3H3,(H2,51,52,53)/t32-,40-,42-,43+/m1/s1. The van der Waals surface area contributed by atoms with Crippen LogP contribution < -0.4 is 5.73 Å². The second-order valence-corrected chi connectivity index (χ2v) is 17.1. The summed E-state index contributed by atoms with van der Waals surface area (Å²) in [7, 11) is 2.12. The highest BCUT2D eigenvalue weighted by Gasteiger charge is 2.55. The highest BCUT2D eigenvalue weighted by Crippen LogP contribution is 2.49. The Morgan fingerprint density at radius 2 is 1.55 bits per heavy atom. The average Bonchev–Trinajstić information content (AvgIpc) is 3.96. The second kappa shape index (κ2) is 16.6. The molecule has 10 nitrogen and oxygen atoms in total. The highest BCUT2D eigenvalue weighted by molar-refractivity contribution is 6.29. The number of hydrogen-bond acceptors (Lipinski definition) is 8. The predicted molar refractivity (Wildman–Crippen MR) is 232 cm³/mol. The van der Waals surface area contributed by atoms with Crippen LogP contribution in [-0.4, -0.2) is 88.3 Å². The fourth-order valence-corrected chi connectivity index (χ4v) is 9.83. The number of nitrogens with zero attached hydrogens (tertiary/aromatic N) is 5. The SMILES string of the molecule is CN(CCCN(CCc1ccc(F)cc1)C(=O)OCC1c2ccccc2-c2ccccc21)C[C@H]1C[C@@H](n2cc(-c3ccccc3)c3c(N)nc(Cl)nc32)[C@@H]2OC(C)(C)O[C@H]12. The van der Waals surface area contributed by atoms with Crippen molar-refractivity contribution < 1.29 is 23.4 Å². The highest BCUT2D eigenvalue weighted by atomic mass is 35.5. The monoisotopic (exact) mass is 828 g/mol. The van der Waals surface area contributed by atoms with E-state index in [1.54, 1.807) is 17.0 Å². The number of nitrogens with two attached hydrogens (primary N) is 1. The molecule has 4 atom stereocenters. The molecule has 1 saturated carbocycles. The zero-order valence-corrected chi connectivity index (χ0v) is 34.9. The Labute approximate surface area is 355 Å². The third-order valence-corrected chi connectivity index (χ3v) is 12.5. The Hall–Kier alpha value is -5.33. The van der Waals surface area contributed by atoms with Crippen molar-refractivity contribution in [2.24, 2.45) is 5.92 Å². The van der Waals surface area contributed by atoms with Crippen molar-refractivity contribution in [3.05, 3.63) is 137 Å². The van der Waals surface area contributed by atoms with Crippen molar-refractivity contribution in [3.63, 3.8) is 0 Å². The Morgan fingerprint density at radius 1 is 0.883 bits per heavy atom. The van der Waals surface area contributed by atoms with Crippen LogP contribution in [0.25, 0.3) is 33.3 Å². The van der Waals surface area contributed by atoms with Gasteiger partial charge in [0.05, 0.1) is 17.5 Å². The molecule has 2 aliphatic carbocycles. The number of nitrogen functional groups attached to an aromatic ring is 1. The first-order valence-corrected chi connectivity index (χ1v) is 21.2. The molecule has 2 fully saturated rings. The van der Waals surface area contributed by atoms with Gasteiger partial charge in [-0.05, 0) is 104 Å². The topological polar surface area (TPSA) is 108 Å². The van der Waals surface area contributed by atoms with Crippen LogP contribution in [0.2, 0.25) is 5.28 Å². The minimum absolute atomic E-state index is 0.0338. The number of halogens is 2. The third-order valence-electron chi connectivity index (χ3n) is 12.4. The zero-order valence-electron chi connectivity index (χ0n) is 34.1. The quantitative estimate of drug-likeness (QED) is 0.115. The van der Waals surface area contributed by atoms with E-state index >= 15 is 0 Å². The van der Waals surface area contributed by atoms with E-state index in [1.165, 1.54) is 34.4 Å². The lowest BCUT2D eigenvalue weighted by Crippen LogP contribution is -2.38. The number of carbonyl (C=O) groups excluding carboxylic acids is 1. The van der Waals surface area contributed by atoms with Crippen LogP contribution in [0.3, 0.4) is 0 Å². The third kappa shape index (κ3) is 7.99. The molecule has 12 heteroatoms. The van der Waals surface area contributed by atoms with Crippen LogP contribution in [0.1, 0.15) is 55.3 Å². The molecule has 0 spiro atoms. The minimum atomic E-state index is -0.754. The van der Waals surface area contributed by atoms with Gasteiger partial charge in [-0.1, -0.05) is 91.0 Å². The summed E-state index contributed by atoms with van der Waals surface area (Å²) in [5.41, 5.74) is 14.8. The fourth-order valence-electron chi connectivity index (χ4n) is 9.66. The Kier molecular flexibility index (Phi) is 11.1. The molecule has 60 heavy (non-hydrogen) atoms. The minimum Gasteiger partial charge on any atom is -0.448 e. The van der Waals surface area contributed by atoms with E-state index in [2.05, 4.69) is 64.1 Å². The first-order valence-electron chi connectivity index (χ1n) is 20.8. The Balaban J connectivity index is 0.888. The van der Waals surface area contributed by atoms with Crippen LogP contribution >= 0.6 is 11.6 Å². The van der Waals surface area contributed by atoms with Gasteiger partial charge in [0.1, 0.15) is 30.0 Å². The van der Waals surface area contributed by atoms with E-state index in [-0.39, 0.29) is 53.9 Å². The molecule has 2 N–H and O–H groups in total. The summed E-state index contributed by atoms with van der Waals surface area (Å²) < 4.78 is 35.3. The smallest absolute Gasteiger partial charge is 0.409 e. The molecule has 1 saturated heterocycles. The van der Waals surface area contributed by atoms with Crippen LogP contribution in [-0.2, 0) is 20.6 Å². The molecule has 1 amide bonds. The molecule has 0 unspecified atom stereocenters. The van der Waals surface area contributed by atoms with Gasteiger partial charge in [-0.2, -0.15) is 4.98 Å². The van der Waals surface area contributed by atoms with E-state index in [0.717, 1.165) is 48.0 Å². The normalized spacial score (nSPS) is 20.4. The maximum atomic E-state index is 13.9. The molecular weight excluding hydrogens is 779 g/mol. The summed E-state index contributed by atoms with van der Waals surface area (Å²) in [6.45, 7) is 6.65. The van der Waals surface area contributed by atoms with Crippen molar-refractivity contribution in [1.29, 1.82) is 0 Å². The van der Waals surface area contributed by atoms with Gasteiger partial charge < -0.3 is 34.3 Å². The number of benzene rings is 4. The maximum Gasteiger partial charge on any atom is 0.409 e.